The lowest BCUT2D eigenvalue weighted by Crippen LogP contribution is -2.33. The van der Waals surface area contributed by atoms with Gasteiger partial charge in [-0.2, -0.15) is 0 Å². The predicted octanol–water partition coefficient (Wildman–Crippen LogP) is 4.62. The summed E-state index contributed by atoms with van der Waals surface area (Å²) in [5.41, 5.74) is 0.916. The Labute approximate surface area is 152 Å². The minimum atomic E-state index is -0.114. The minimum absolute atomic E-state index is 0.114. The molecule has 0 radical (unpaired) electrons. The Kier molecular flexibility index (Phi) is 4.89. The fourth-order valence-electron chi connectivity index (χ4n) is 2.07. The molecule has 3 rings (SSSR count). The first-order chi connectivity index (χ1) is 11.0. The van der Waals surface area contributed by atoms with Gasteiger partial charge in [-0.15, -0.1) is 0 Å². The lowest BCUT2D eigenvalue weighted by Gasteiger charge is -2.16. The Morgan fingerprint density at radius 3 is 2.91 bits per heavy atom. The monoisotopic (exact) mass is 408 g/mol. The maximum atomic E-state index is 12.5. The van der Waals surface area contributed by atoms with Crippen molar-refractivity contribution < 1.29 is 9.21 Å². The van der Waals surface area contributed by atoms with Crippen molar-refractivity contribution in [2.24, 2.45) is 0 Å². The molecule has 118 valence electrons. The molecule has 1 saturated heterocycles. The second kappa shape index (κ2) is 6.90. The lowest BCUT2D eigenvalue weighted by molar-refractivity contribution is -0.121. The van der Waals surface area contributed by atoms with Crippen molar-refractivity contribution in [2.45, 2.75) is 6.92 Å². The number of nitrogens with zero attached hydrogens (tertiary/aromatic N) is 1. The Hall–Kier alpha value is -1.57. The smallest absolute Gasteiger partial charge is 0.267 e. The van der Waals surface area contributed by atoms with Gasteiger partial charge in [0.25, 0.3) is 5.91 Å². The van der Waals surface area contributed by atoms with Gasteiger partial charge in [0.05, 0.1) is 11.6 Å². The summed E-state index contributed by atoms with van der Waals surface area (Å²) in [6.07, 6.45) is 1.73. The van der Waals surface area contributed by atoms with Gasteiger partial charge < -0.3 is 9.73 Å². The van der Waals surface area contributed by atoms with Crippen LogP contribution in [0, 0.1) is 6.92 Å². The molecule has 1 aromatic heterocycles. The molecule has 0 atom stereocenters. The van der Waals surface area contributed by atoms with E-state index >= 15 is 0 Å². The number of benzene rings is 1. The van der Waals surface area contributed by atoms with E-state index in [1.807, 2.05) is 43.3 Å². The van der Waals surface area contributed by atoms with Crippen molar-refractivity contribution in [3.05, 3.63) is 57.3 Å². The summed E-state index contributed by atoms with van der Waals surface area (Å²) in [7, 11) is 0. The second-order valence-corrected chi connectivity index (χ2v) is 7.49. The van der Waals surface area contributed by atoms with E-state index in [0.717, 1.165) is 15.9 Å². The van der Waals surface area contributed by atoms with Gasteiger partial charge in [0.1, 0.15) is 15.8 Å². The molecule has 1 aliphatic rings. The van der Waals surface area contributed by atoms with E-state index in [1.165, 1.54) is 11.8 Å². The van der Waals surface area contributed by atoms with Crippen molar-refractivity contribution >= 4 is 61.9 Å². The largest absolute Gasteiger partial charge is 0.462 e. The summed E-state index contributed by atoms with van der Waals surface area (Å²) in [6, 6.07) is 11.4. The number of hydrogen-bond donors (Lipinski definition) is 1. The Morgan fingerprint density at radius 1 is 1.39 bits per heavy atom. The second-order valence-electron chi connectivity index (χ2n) is 4.90. The molecule has 1 aromatic carbocycles. The van der Waals surface area contributed by atoms with Crippen LogP contribution in [0.3, 0.4) is 0 Å². The Balaban J connectivity index is 1.70. The van der Waals surface area contributed by atoms with Crippen molar-refractivity contribution in [1.82, 2.24) is 4.90 Å². The first kappa shape index (κ1) is 16.3. The number of nitrogens with one attached hydrogen (secondary N) is 1. The van der Waals surface area contributed by atoms with Crippen LogP contribution in [0.2, 0.25) is 0 Å². The molecule has 1 N–H and O–H groups in total. The molecule has 0 bridgehead atoms. The molecule has 1 amide bonds. The van der Waals surface area contributed by atoms with E-state index in [1.54, 1.807) is 11.0 Å². The minimum Gasteiger partial charge on any atom is -0.462 e. The van der Waals surface area contributed by atoms with Crippen LogP contribution in [-0.4, -0.2) is 21.8 Å². The predicted molar refractivity (Wildman–Crippen MR) is 101 cm³/mol. The van der Waals surface area contributed by atoms with Gasteiger partial charge >= 0.3 is 0 Å². The van der Waals surface area contributed by atoms with E-state index in [9.17, 15) is 4.79 Å². The van der Waals surface area contributed by atoms with E-state index < -0.39 is 0 Å². The Morgan fingerprint density at radius 2 is 2.22 bits per heavy atom. The number of carbonyl (C=O) groups excluding carboxylic acids is 1. The summed E-state index contributed by atoms with van der Waals surface area (Å²) in [4.78, 5) is 14.6. The maximum Gasteiger partial charge on any atom is 0.267 e. The van der Waals surface area contributed by atoms with Crippen LogP contribution in [0.4, 0.5) is 5.69 Å². The average Bonchev–Trinajstić information content (AvgIpc) is 3.02. The Bertz CT molecular complexity index is 801. The fraction of sp³-hybridized carbons (Fsp3) is 0.125. The van der Waals surface area contributed by atoms with Crippen molar-refractivity contribution in [3.8, 4) is 0 Å². The molecule has 2 heterocycles. The number of halogens is 1. The van der Waals surface area contributed by atoms with Crippen LogP contribution in [0.15, 0.2) is 50.2 Å². The molecular weight excluding hydrogens is 396 g/mol. The summed E-state index contributed by atoms with van der Waals surface area (Å²) in [5, 5.41) is 3.20. The molecule has 0 unspecified atom stereocenters. The van der Waals surface area contributed by atoms with Crippen molar-refractivity contribution in [2.75, 3.05) is 12.0 Å². The van der Waals surface area contributed by atoms with Crippen LogP contribution in [0.5, 0.6) is 0 Å². The zero-order chi connectivity index (χ0) is 16.4. The third kappa shape index (κ3) is 3.85. The van der Waals surface area contributed by atoms with E-state index in [4.69, 9.17) is 16.6 Å². The summed E-state index contributed by atoms with van der Waals surface area (Å²) in [6.45, 7) is 2.19. The molecular formula is C16H13BrN2O2S2. The highest BCUT2D eigenvalue weighted by Gasteiger charge is 2.32. The van der Waals surface area contributed by atoms with Gasteiger partial charge in [-0.05, 0) is 37.3 Å². The quantitative estimate of drug-likeness (QED) is 0.590. The first-order valence-electron chi connectivity index (χ1n) is 6.84. The number of furan rings is 1. The SMILES string of the molecule is Cc1ccc(/C=C2\SC(=S)N(CNc3cccc(Br)c3)C2=O)o1. The van der Waals surface area contributed by atoms with Crippen LogP contribution < -0.4 is 5.32 Å². The fourth-order valence-corrected chi connectivity index (χ4v) is 3.70. The van der Waals surface area contributed by atoms with E-state index in [2.05, 4.69) is 21.2 Å². The highest BCUT2D eigenvalue weighted by Crippen LogP contribution is 2.32. The number of aryl methyl sites for hydroxylation is 1. The molecule has 1 fully saturated rings. The van der Waals surface area contributed by atoms with Crippen LogP contribution in [0.25, 0.3) is 6.08 Å². The zero-order valence-electron chi connectivity index (χ0n) is 12.2. The third-order valence-electron chi connectivity index (χ3n) is 3.17. The van der Waals surface area contributed by atoms with Crippen molar-refractivity contribution in [1.29, 1.82) is 0 Å². The molecule has 4 nitrogen and oxygen atoms in total. The molecule has 7 heteroatoms. The van der Waals surface area contributed by atoms with E-state index in [-0.39, 0.29) is 5.91 Å². The normalized spacial score (nSPS) is 16.4. The van der Waals surface area contributed by atoms with E-state index in [0.29, 0.717) is 21.7 Å². The van der Waals surface area contributed by atoms with Crippen LogP contribution in [-0.2, 0) is 4.79 Å². The van der Waals surface area contributed by atoms with Gasteiger partial charge in [0, 0.05) is 16.2 Å². The molecule has 0 aliphatic carbocycles. The number of carbonyl (C=O) groups is 1. The molecule has 1 aliphatic heterocycles. The topological polar surface area (TPSA) is 45.5 Å². The highest BCUT2D eigenvalue weighted by molar-refractivity contribution is 9.10. The zero-order valence-corrected chi connectivity index (χ0v) is 15.4. The highest BCUT2D eigenvalue weighted by atomic mass is 79.9. The third-order valence-corrected chi connectivity index (χ3v) is 5.05. The average molecular weight is 409 g/mol. The maximum absolute atomic E-state index is 12.5. The molecule has 2 aromatic rings. The summed E-state index contributed by atoms with van der Waals surface area (Å²) in [5.74, 6) is 1.35. The standard InChI is InChI=1S/C16H13BrN2O2S2/c1-10-5-6-13(21-10)8-14-15(20)19(16(22)23-14)9-18-12-4-2-3-11(17)7-12/h2-8,18H,9H2,1H3/b14-8-. The number of rotatable bonds is 4. The van der Waals surface area contributed by atoms with Crippen molar-refractivity contribution in [3.63, 3.8) is 0 Å². The molecule has 0 saturated carbocycles. The molecule has 23 heavy (non-hydrogen) atoms. The van der Waals surface area contributed by atoms with Gasteiger partial charge in [-0.25, -0.2) is 0 Å². The van der Waals surface area contributed by atoms with Gasteiger partial charge in [-0.3, -0.25) is 9.69 Å². The number of hydrogen-bond acceptors (Lipinski definition) is 5. The van der Waals surface area contributed by atoms with Gasteiger partial charge in [0.2, 0.25) is 0 Å². The molecule has 0 spiro atoms. The number of thioether (sulfide) groups is 1. The summed E-state index contributed by atoms with van der Waals surface area (Å²) < 4.78 is 6.99. The van der Waals surface area contributed by atoms with Crippen LogP contribution in [0.1, 0.15) is 11.5 Å². The summed E-state index contributed by atoms with van der Waals surface area (Å²) >= 11 is 10.0. The van der Waals surface area contributed by atoms with Gasteiger partial charge in [-0.1, -0.05) is 46.0 Å². The van der Waals surface area contributed by atoms with Crippen LogP contribution >= 0.6 is 39.9 Å². The number of amides is 1. The number of thiocarbonyl (C=S) groups is 1. The first-order valence-corrected chi connectivity index (χ1v) is 8.86. The number of anilines is 1. The van der Waals surface area contributed by atoms with Gasteiger partial charge in [0.15, 0.2) is 0 Å². The lowest BCUT2D eigenvalue weighted by atomic mass is 10.3.